The lowest BCUT2D eigenvalue weighted by Crippen LogP contribution is -2.36. The van der Waals surface area contributed by atoms with Crippen LogP contribution in [-0.2, 0) is 0 Å². The summed E-state index contributed by atoms with van der Waals surface area (Å²) in [5.74, 6) is -0.634. The summed E-state index contributed by atoms with van der Waals surface area (Å²) >= 11 is 0. The lowest BCUT2D eigenvalue weighted by Gasteiger charge is -2.23. The van der Waals surface area contributed by atoms with Crippen molar-refractivity contribution in [3.05, 3.63) is 0 Å². The van der Waals surface area contributed by atoms with Crippen LogP contribution in [0, 0.1) is 5.92 Å². The predicted octanol–water partition coefficient (Wildman–Crippen LogP) is -1.28. The molecular formula is C7H16O4. The quantitative estimate of drug-likeness (QED) is 0.408. The van der Waals surface area contributed by atoms with Gasteiger partial charge in [0.05, 0.1) is 25.4 Å². The first kappa shape index (κ1) is 10.8. The molecule has 0 rings (SSSR count). The van der Waals surface area contributed by atoms with Crippen LogP contribution in [0.2, 0.25) is 0 Å². The van der Waals surface area contributed by atoms with Crippen molar-refractivity contribution in [1.29, 1.82) is 0 Å². The summed E-state index contributed by atoms with van der Waals surface area (Å²) in [5, 5.41) is 35.4. The normalized spacial score (nSPS) is 19.4. The summed E-state index contributed by atoms with van der Waals surface area (Å²) in [4.78, 5) is 0. The van der Waals surface area contributed by atoms with Gasteiger partial charge in [-0.2, -0.15) is 0 Å². The molecule has 4 nitrogen and oxygen atoms in total. The third-order valence-electron chi connectivity index (χ3n) is 1.80. The van der Waals surface area contributed by atoms with Crippen LogP contribution in [0.3, 0.4) is 0 Å². The minimum absolute atomic E-state index is 0.309. The van der Waals surface area contributed by atoms with Crippen LogP contribution in [-0.4, -0.2) is 45.8 Å². The van der Waals surface area contributed by atoms with E-state index >= 15 is 0 Å². The molecule has 0 aromatic rings. The third kappa shape index (κ3) is 3.16. The van der Waals surface area contributed by atoms with Crippen LogP contribution >= 0.6 is 0 Å². The van der Waals surface area contributed by atoms with E-state index in [1.807, 2.05) is 0 Å². The van der Waals surface area contributed by atoms with Gasteiger partial charge in [0, 0.05) is 5.92 Å². The van der Waals surface area contributed by atoms with E-state index in [9.17, 15) is 5.11 Å². The van der Waals surface area contributed by atoms with Gasteiger partial charge in [0.25, 0.3) is 0 Å². The first-order chi connectivity index (χ1) is 5.17. The molecule has 0 aromatic carbocycles. The average Bonchev–Trinajstić information content (AvgIpc) is 2.05. The molecule has 4 N–H and O–H groups in total. The molecule has 0 spiro atoms. The van der Waals surface area contributed by atoms with Gasteiger partial charge < -0.3 is 20.4 Å². The number of hydrogen-bond acceptors (Lipinski definition) is 4. The molecule has 0 fully saturated rings. The van der Waals surface area contributed by atoms with Gasteiger partial charge in [-0.15, -0.1) is 0 Å². The molecule has 0 amide bonds. The van der Waals surface area contributed by atoms with E-state index in [4.69, 9.17) is 15.3 Å². The van der Waals surface area contributed by atoms with Crippen molar-refractivity contribution in [2.45, 2.75) is 25.6 Å². The SMILES string of the molecule is CCC(O)C(CO)C(O)CO. The van der Waals surface area contributed by atoms with Crippen LogP contribution in [0.25, 0.3) is 0 Å². The van der Waals surface area contributed by atoms with E-state index in [0.717, 1.165) is 0 Å². The molecule has 0 aromatic heterocycles. The Bertz CT molecular complexity index is 86.4. The van der Waals surface area contributed by atoms with Crippen LogP contribution in [0.4, 0.5) is 0 Å². The van der Waals surface area contributed by atoms with Crippen molar-refractivity contribution in [3.8, 4) is 0 Å². The monoisotopic (exact) mass is 164 g/mol. The lowest BCUT2D eigenvalue weighted by atomic mass is 9.95. The summed E-state index contributed by atoms with van der Waals surface area (Å²) in [6.45, 7) is 1.01. The Kier molecular flexibility index (Phi) is 5.41. The van der Waals surface area contributed by atoms with E-state index in [2.05, 4.69) is 0 Å². The van der Waals surface area contributed by atoms with E-state index in [1.165, 1.54) is 0 Å². The second-order valence-corrected chi connectivity index (χ2v) is 2.57. The maximum Gasteiger partial charge on any atom is 0.0845 e. The molecule has 0 heterocycles. The first-order valence-corrected chi connectivity index (χ1v) is 3.75. The molecular weight excluding hydrogens is 148 g/mol. The predicted molar refractivity (Wildman–Crippen MR) is 40.0 cm³/mol. The Balaban J connectivity index is 3.92. The van der Waals surface area contributed by atoms with Gasteiger partial charge >= 0.3 is 0 Å². The Labute approximate surface area is 66.1 Å². The van der Waals surface area contributed by atoms with E-state index in [0.29, 0.717) is 6.42 Å². The standard InChI is InChI=1S/C7H16O4/c1-2-6(10)5(3-8)7(11)4-9/h5-11H,2-4H2,1H3. The van der Waals surface area contributed by atoms with Crippen molar-refractivity contribution in [2.24, 2.45) is 5.92 Å². The van der Waals surface area contributed by atoms with Crippen molar-refractivity contribution in [2.75, 3.05) is 13.2 Å². The summed E-state index contributed by atoms with van der Waals surface area (Å²) in [6, 6.07) is 0. The number of hydrogen-bond donors (Lipinski definition) is 4. The van der Waals surface area contributed by atoms with Gasteiger partial charge in [0.15, 0.2) is 0 Å². The highest BCUT2D eigenvalue weighted by Gasteiger charge is 2.24. The van der Waals surface area contributed by atoms with Gasteiger partial charge in [-0.05, 0) is 6.42 Å². The highest BCUT2D eigenvalue weighted by molar-refractivity contribution is 4.73. The Hall–Kier alpha value is -0.160. The van der Waals surface area contributed by atoms with Gasteiger partial charge in [0.1, 0.15) is 0 Å². The van der Waals surface area contributed by atoms with E-state index in [-0.39, 0.29) is 6.61 Å². The highest BCUT2D eigenvalue weighted by Crippen LogP contribution is 2.11. The minimum Gasteiger partial charge on any atom is -0.396 e. The highest BCUT2D eigenvalue weighted by atomic mass is 16.3. The van der Waals surface area contributed by atoms with Gasteiger partial charge in [-0.1, -0.05) is 6.92 Å². The van der Waals surface area contributed by atoms with Crippen LogP contribution in [0.5, 0.6) is 0 Å². The fourth-order valence-electron chi connectivity index (χ4n) is 0.938. The molecule has 0 saturated carbocycles. The zero-order valence-electron chi connectivity index (χ0n) is 6.64. The summed E-state index contributed by atoms with van der Waals surface area (Å²) in [6.07, 6.45) is -1.32. The first-order valence-electron chi connectivity index (χ1n) is 3.75. The Morgan fingerprint density at radius 2 is 1.55 bits per heavy atom. The van der Waals surface area contributed by atoms with Crippen molar-refractivity contribution < 1.29 is 20.4 Å². The molecule has 4 heteroatoms. The molecule has 3 atom stereocenters. The van der Waals surface area contributed by atoms with Crippen molar-refractivity contribution >= 4 is 0 Å². The van der Waals surface area contributed by atoms with Gasteiger partial charge in [-0.25, -0.2) is 0 Å². The molecule has 0 saturated heterocycles. The Morgan fingerprint density at radius 1 is 1.00 bits per heavy atom. The number of aliphatic hydroxyl groups is 4. The second-order valence-electron chi connectivity index (χ2n) is 2.57. The molecule has 0 radical (unpaired) electrons. The molecule has 0 aliphatic rings. The Morgan fingerprint density at radius 3 is 1.82 bits per heavy atom. The van der Waals surface area contributed by atoms with E-state index in [1.54, 1.807) is 6.92 Å². The smallest absolute Gasteiger partial charge is 0.0845 e. The number of aliphatic hydroxyl groups excluding tert-OH is 4. The van der Waals surface area contributed by atoms with Crippen LogP contribution < -0.4 is 0 Å². The van der Waals surface area contributed by atoms with Gasteiger partial charge in [0.2, 0.25) is 0 Å². The van der Waals surface area contributed by atoms with Crippen molar-refractivity contribution in [1.82, 2.24) is 0 Å². The fraction of sp³-hybridized carbons (Fsp3) is 1.00. The topological polar surface area (TPSA) is 80.9 Å². The zero-order valence-corrected chi connectivity index (χ0v) is 6.64. The zero-order chi connectivity index (χ0) is 8.85. The maximum absolute atomic E-state index is 9.19. The summed E-state index contributed by atoms with van der Waals surface area (Å²) in [5.41, 5.74) is 0. The second kappa shape index (κ2) is 5.49. The maximum atomic E-state index is 9.19. The van der Waals surface area contributed by atoms with Gasteiger partial charge in [-0.3, -0.25) is 0 Å². The average molecular weight is 164 g/mol. The molecule has 3 unspecified atom stereocenters. The molecule has 0 aliphatic heterocycles. The van der Waals surface area contributed by atoms with Crippen LogP contribution in [0.1, 0.15) is 13.3 Å². The number of rotatable bonds is 5. The summed E-state index contributed by atoms with van der Waals surface area (Å²) in [7, 11) is 0. The molecule has 68 valence electrons. The van der Waals surface area contributed by atoms with E-state index < -0.39 is 24.7 Å². The molecule has 11 heavy (non-hydrogen) atoms. The lowest BCUT2D eigenvalue weighted by molar-refractivity contribution is -0.0399. The molecule has 0 bridgehead atoms. The minimum atomic E-state index is -1.03. The third-order valence-corrected chi connectivity index (χ3v) is 1.80. The largest absolute Gasteiger partial charge is 0.396 e. The fourth-order valence-corrected chi connectivity index (χ4v) is 0.938. The summed E-state index contributed by atoms with van der Waals surface area (Å²) < 4.78 is 0. The van der Waals surface area contributed by atoms with Crippen LogP contribution in [0.15, 0.2) is 0 Å². The van der Waals surface area contributed by atoms with Crippen molar-refractivity contribution in [3.63, 3.8) is 0 Å². The molecule has 0 aliphatic carbocycles.